The van der Waals surface area contributed by atoms with Gasteiger partial charge in [-0.15, -0.1) is 35.4 Å². The van der Waals surface area contributed by atoms with E-state index in [-0.39, 0.29) is 31.2 Å². The molecule has 0 spiro atoms. The Labute approximate surface area is 157 Å². The monoisotopic (exact) mass is 488 g/mol. The van der Waals surface area contributed by atoms with Crippen LogP contribution >= 0.6 is 0 Å². The number of aliphatic hydroxyl groups is 2. The number of pyridine rings is 1. The molecule has 0 atom stereocenters. The van der Waals surface area contributed by atoms with E-state index in [9.17, 15) is 0 Å². The van der Waals surface area contributed by atoms with E-state index in [1.165, 1.54) is 18.3 Å². The van der Waals surface area contributed by atoms with Crippen molar-refractivity contribution in [2.45, 2.75) is 33.4 Å². The molecule has 1 radical (unpaired) electrons. The first-order chi connectivity index (χ1) is 12.8. The van der Waals surface area contributed by atoms with Gasteiger partial charge in [-0.25, -0.2) is 0 Å². The summed E-state index contributed by atoms with van der Waals surface area (Å²) in [5.74, 6) is -1.11. The molecule has 0 fully saturated rings. The zero-order valence-electron chi connectivity index (χ0n) is 20.1. The van der Waals surface area contributed by atoms with Crippen LogP contribution < -0.4 is 0 Å². The minimum absolute atomic E-state index is 0. The number of rotatable bonds is 2. The first-order valence-electron chi connectivity index (χ1n) is 9.73. The number of aryl methyl sites for hydroxylation is 2. The summed E-state index contributed by atoms with van der Waals surface area (Å²) in [4.78, 5) is 4.17. The van der Waals surface area contributed by atoms with Gasteiger partial charge in [0.25, 0.3) is 0 Å². The summed E-state index contributed by atoms with van der Waals surface area (Å²) in [6.07, 6.45) is 1.26. The first kappa shape index (κ1) is 12.4. The molecular weight excluding hydrogens is 454 g/mol. The van der Waals surface area contributed by atoms with E-state index >= 15 is 0 Å². The van der Waals surface area contributed by atoms with Gasteiger partial charge >= 0.3 is 0 Å². The minimum Gasteiger partial charge on any atom is -0.400 e. The number of aromatic nitrogens is 1. The van der Waals surface area contributed by atoms with Crippen LogP contribution in [0.5, 0.6) is 0 Å². The Morgan fingerprint density at radius 1 is 1.18 bits per heavy atom. The summed E-state index contributed by atoms with van der Waals surface area (Å²) < 4.78 is 53.1. The van der Waals surface area contributed by atoms with E-state index in [0.717, 1.165) is 14.2 Å². The van der Waals surface area contributed by atoms with Crippen molar-refractivity contribution in [2.24, 2.45) is 0 Å². The van der Waals surface area contributed by atoms with Crippen LogP contribution in [0.1, 0.15) is 46.0 Å². The van der Waals surface area contributed by atoms with Crippen LogP contribution in [0.3, 0.4) is 0 Å². The van der Waals surface area contributed by atoms with Crippen LogP contribution in [0.15, 0.2) is 30.5 Å². The molecule has 2 rings (SSSR count). The molecule has 3 nitrogen and oxygen atoms in total. The van der Waals surface area contributed by atoms with Crippen molar-refractivity contribution in [1.82, 2.24) is 4.98 Å². The molecule has 2 N–H and O–H groups in total. The van der Waals surface area contributed by atoms with Crippen LogP contribution in [-0.2, 0) is 20.1 Å². The fraction of sp³-hybridized carbons (Fsp3) is 0.389. The SMILES string of the molecule is CO.CO.[2H]C([2H])([2H])c1c[c-]c(-c2cc(C([2H])(C)C)c(C([2H])([2H])[2H])cn2)cc1.[Ir]. The fourth-order valence-corrected chi connectivity index (χ4v) is 1.60. The molecule has 22 heavy (non-hydrogen) atoms. The van der Waals surface area contributed by atoms with Gasteiger partial charge in [0.05, 0.1) is 0 Å². The average Bonchev–Trinajstić information content (AvgIpc) is 2.62. The first-order valence-corrected chi connectivity index (χ1v) is 6.23. The summed E-state index contributed by atoms with van der Waals surface area (Å²) in [5.41, 5.74) is 1.58. The van der Waals surface area contributed by atoms with Crippen LogP contribution in [0.4, 0.5) is 0 Å². The maximum atomic E-state index is 8.21. The van der Waals surface area contributed by atoms with E-state index in [1.807, 2.05) is 0 Å². The second-order valence-corrected chi connectivity index (χ2v) is 4.11. The summed E-state index contributed by atoms with van der Waals surface area (Å²) in [6, 6.07) is 8.88. The molecule has 0 bridgehead atoms. The van der Waals surface area contributed by atoms with E-state index < -0.39 is 19.6 Å². The maximum Gasteiger partial charge on any atom is 0.0346 e. The van der Waals surface area contributed by atoms with Gasteiger partial charge in [0.15, 0.2) is 0 Å². The van der Waals surface area contributed by atoms with Gasteiger partial charge in [0, 0.05) is 50.1 Å². The van der Waals surface area contributed by atoms with E-state index in [0.29, 0.717) is 16.8 Å². The molecule has 0 aliphatic rings. The molecule has 0 unspecified atom stereocenters. The molecular formula is C18H26IrNO2-. The molecule has 4 heteroatoms. The fourth-order valence-electron chi connectivity index (χ4n) is 1.60. The van der Waals surface area contributed by atoms with Crippen LogP contribution in [0.2, 0.25) is 0 Å². The minimum atomic E-state index is -2.35. The molecule has 0 saturated carbocycles. The quantitative estimate of drug-likeness (QED) is 0.638. The van der Waals surface area contributed by atoms with Crippen LogP contribution in [0.25, 0.3) is 11.3 Å². The number of hydrogen-bond acceptors (Lipinski definition) is 3. The van der Waals surface area contributed by atoms with Crippen molar-refractivity contribution in [2.75, 3.05) is 14.2 Å². The number of hydrogen-bond donors (Lipinski definition) is 2. The Balaban J connectivity index is 0. The molecule has 2 aromatic rings. The zero-order valence-corrected chi connectivity index (χ0v) is 15.5. The predicted molar refractivity (Wildman–Crippen MR) is 88.4 cm³/mol. The standard InChI is InChI=1S/C16H18N.2CH4O.Ir/c1-11(2)15-9-16(17-10-13(15)4)14-7-5-12(3)6-8-14;2*1-2;/h5-7,9-11H,1-4H3;2*2H,1H3;/q-1;;;/i3D3,4D3,11D;;;. The van der Waals surface area contributed by atoms with Gasteiger partial charge < -0.3 is 15.2 Å². The maximum absolute atomic E-state index is 8.21. The van der Waals surface area contributed by atoms with E-state index in [2.05, 4.69) is 11.1 Å². The van der Waals surface area contributed by atoms with Gasteiger partial charge in [-0.2, -0.15) is 0 Å². The van der Waals surface area contributed by atoms with Crippen molar-refractivity contribution in [1.29, 1.82) is 0 Å². The largest absolute Gasteiger partial charge is 0.400 e. The van der Waals surface area contributed by atoms with Crippen molar-refractivity contribution in [3.63, 3.8) is 0 Å². The predicted octanol–water partition coefficient (Wildman–Crippen LogP) is 3.50. The molecule has 0 aliphatic carbocycles. The van der Waals surface area contributed by atoms with Gasteiger partial charge in [0.2, 0.25) is 0 Å². The Kier molecular flexibility index (Phi) is 7.02. The molecule has 0 aliphatic heterocycles. The van der Waals surface area contributed by atoms with Crippen molar-refractivity contribution < 1.29 is 39.9 Å². The van der Waals surface area contributed by atoms with Crippen molar-refractivity contribution in [3.8, 4) is 11.3 Å². The third kappa shape index (κ3) is 6.80. The Morgan fingerprint density at radius 3 is 2.32 bits per heavy atom. The molecule has 1 aromatic heterocycles. The number of nitrogens with zero attached hydrogens (tertiary/aromatic N) is 1. The number of benzene rings is 1. The van der Waals surface area contributed by atoms with Gasteiger partial charge in [0.1, 0.15) is 0 Å². The van der Waals surface area contributed by atoms with E-state index in [4.69, 9.17) is 19.8 Å². The molecule has 0 amide bonds. The second-order valence-electron chi connectivity index (χ2n) is 4.11. The van der Waals surface area contributed by atoms with Gasteiger partial charge in [-0.3, -0.25) is 0 Å². The van der Waals surface area contributed by atoms with Crippen molar-refractivity contribution >= 4 is 0 Å². The summed E-state index contributed by atoms with van der Waals surface area (Å²) in [5, 5.41) is 14.0. The normalized spacial score (nSPS) is 15.3. The summed E-state index contributed by atoms with van der Waals surface area (Å²) in [6.45, 7) is -1.33. The van der Waals surface area contributed by atoms with Crippen LogP contribution in [-0.4, -0.2) is 29.4 Å². The van der Waals surface area contributed by atoms with Crippen LogP contribution in [0, 0.1) is 19.8 Å². The molecule has 1 aromatic carbocycles. The smallest absolute Gasteiger partial charge is 0.0346 e. The summed E-state index contributed by atoms with van der Waals surface area (Å²) in [7, 11) is 2.00. The topological polar surface area (TPSA) is 53.4 Å². The number of aliphatic hydroxyl groups excluding tert-OH is 2. The molecule has 1 heterocycles. The Morgan fingerprint density at radius 2 is 1.86 bits per heavy atom. The Bertz CT molecular complexity index is 740. The molecule has 0 saturated heterocycles. The summed E-state index contributed by atoms with van der Waals surface area (Å²) >= 11 is 0. The molecule has 125 valence electrons. The van der Waals surface area contributed by atoms with E-state index in [1.54, 1.807) is 26.0 Å². The zero-order chi connectivity index (χ0) is 22.3. The van der Waals surface area contributed by atoms with Gasteiger partial charge in [-0.05, 0) is 29.6 Å². The Hall–Kier alpha value is -1.06. The van der Waals surface area contributed by atoms with Gasteiger partial charge in [-0.1, -0.05) is 26.8 Å². The average molecular weight is 488 g/mol. The van der Waals surface area contributed by atoms with Crippen molar-refractivity contribution in [3.05, 3.63) is 53.2 Å². The third-order valence-electron chi connectivity index (χ3n) is 2.53. The second kappa shape index (κ2) is 12.5. The third-order valence-corrected chi connectivity index (χ3v) is 2.53.